The lowest BCUT2D eigenvalue weighted by atomic mass is 9.96. The summed E-state index contributed by atoms with van der Waals surface area (Å²) in [5.74, 6) is 1.11. The molecule has 112 valence electrons. The molecule has 1 saturated carbocycles. The minimum Gasteiger partial charge on any atom is -0.353 e. The first-order valence-corrected chi connectivity index (χ1v) is 8.23. The van der Waals surface area contributed by atoms with Crippen LogP contribution in [0, 0.1) is 6.92 Å². The first-order valence-electron chi connectivity index (χ1n) is 8.23. The van der Waals surface area contributed by atoms with Crippen LogP contribution in [0.1, 0.15) is 56.7 Å². The van der Waals surface area contributed by atoms with Gasteiger partial charge in [0.1, 0.15) is 0 Å². The van der Waals surface area contributed by atoms with Crippen molar-refractivity contribution >= 4 is 5.95 Å². The number of rotatable bonds is 3. The highest BCUT2D eigenvalue weighted by molar-refractivity contribution is 5.31. The van der Waals surface area contributed by atoms with Gasteiger partial charge in [-0.25, -0.2) is 4.98 Å². The van der Waals surface area contributed by atoms with Gasteiger partial charge in [0.15, 0.2) is 0 Å². The summed E-state index contributed by atoms with van der Waals surface area (Å²) in [6.45, 7) is 4.51. The fourth-order valence-electron chi connectivity index (χ4n) is 3.60. The summed E-state index contributed by atoms with van der Waals surface area (Å²) in [4.78, 5) is 7.16. The number of anilines is 1. The van der Waals surface area contributed by atoms with Gasteiger partial charge in [-0.2, -0.15) is 0 Å². The van der Waals surface area contributed by atoms with Gasteiger partial charge in [-0.15, -0.1) is 0 Å². The Bertz CT molecular complexity index is 426. The van der Waals surface area contributed by atoms with Crippen molar-refractivity contribution in [1.82, 2.24) is 14.5 Å². The molecule has 1 aromatic heterocycles. The summed E-state index contributed by atoms with van der Waals surface area (Å²) < 4.78 is 2.41. The van der Waals surface area contributed by atoms with E-state index in [1.807, 2.05) is 0 Å². The SMILES string of the molecule is Cc1cn(C2CCN(C)CC2)c(NC2CCCCC2)n1. The Kier molecular flexibility index (Phi) is 4.29. The van der Waals surface area contributed by atoms with Crippen LogP contribution in [-0.4, -0.2) is 40.6 Å². The van der Waals surface area contributed by atoms with Crippen molar-refractivity contribution in [3.05, 3.63) is 11.9 Å². The lowest BCUT2D eigenvalue weighted by Crippen LogP contribution is -2.32. The molecule has 2 aliphatic rings. The fraction of sp³-hybridized carbons (Fsp3) is 0.812. The van der Waals surface area contributed by atoms with Crippen LogP contribution >= 0.6 is 0 Å². The molecule has 0 unspecified atom stereocenters. The van der Waals surface area contributed by atoms with Crippen LogP contribution in [0.4, 0.5) is 5.95 Å². The maximum atomic E-state index is 4.74. The van der Waals surface area contributed by atoms with Crippen LogP contribution in [-0.2, 0) is 0 Å². The predicted octanol–water partition coefficient (Wildman–Crippen LogP) is 3.20. The minimum absolute atomic E-state index is 0.624. The zero-order chi connectivity index (χ0) is 13.9. The van der Waals surface area contributed by atoms with Gasteiger partial charge in [-0.05, 0) is 52.7 Å². The lowest BCUT2D eigenvalue weighted by molar-refractivity contribution is 0.222. The van der Waals surface area contributed by atoms with Gasteiger partial charge in [0.25, 0.3) is 0 Å². The Hall–Kier alpha value is -1.03. The standard InChI is InChI=1S/C16H28N4/c1-13-12-20(15-8-10-19(2)11-9-15)16(17-13)18-14-6-4-3-5-7-14/h12,14-15H,3-11H2,1-2H3,(H,17,18). The average Bonchev–Trinajstić information content (AvgIpc) is 2.81. The molecular formula is C16H28N4. The summed E-state index contributed by atoms with van der Waals surface area (Å²) >= 11 is 0. The predicted molar refractivity (Wildman–Crippen MR) is 83.2 cm³/mol. The van der Waals surface area contributed by atoms with E-state index in [2.05, 4.69) is 35.0 Å². The van der Waals surface area contributed by atoms with Gasteiger partial charge in [0.05, 0.1) is 5.69 Å². The molecule has 20 heavy (non-hydrogen) atoms. The van der Waals surface area contributed by atoms with Gasteiger partial charge >= 0.3 is 0 Å². The summed E-state index contributed by atoms with van der Waals surface area (Å²) in [5.41, 5.74) is 1.14. The highest BCUT2D eigenvalue weighted by Gasteiger charge is 2.22. The quantitative estimate of drug-likeness (QED) is 0.920. The first-order chi connectivity index (χ1) is 9.72. The number of nitrogens with one attached hydrogen (secondary N) is 1. The van der Waals surface area contributed by atoms with Crippen LogP contribution in [0.25, 0.3) is 0 Å². The van der Waals surface area contributed by atoms with Crippen molar-refractivity contribution in [3.8, 4) is 0 Å². The van der Waals surface area contributed by atoms with Crippen molar-refractivity contribution in [2.45, 2.75) is 64.0 Å². The van der Waals surface area contributed by atoms with Crippen LogP contribution in [0.3, 0.4) is 0 Å². The van der Waals surface area contributed by atoms with E-state index in [1.165, 1.54) is 58.0 Å². The van der Waals surface area contributed by atoms with E-state index >= 15 is 0 Å². The summed E-state index contributed by atoms with van der Waals surface area (Å²) in [7, 11) is 2.22. The van der Waals surface area contributed by atoms with Gasteiger partial charge < -0.3 is 14.8 Å². The van der Waals surface area contributed by atoms with Gasteiger partial charge in [-0.1, -0.05) is 19.3 Å². The highest BCUT2D eigenvalue weighted by Crippen LogP contribution is 2.28. The highest BCUT2D eigenvalue weighted by atomic mass is 15.2. The fourth-order valence-corrected chi connectivity index (χ4v) is 3.60. The number of piperidine rings is 1. The maximum absolute atomic E-state index is 4.74. The van der Waals surface area contributed by atoms with Gasteiger partial charge in [-0.3, -0.25) is 0 Å². The molecule has 0 amide bonds. The number of hydrogen-bond acceptors (Lipinski definition) is 3. The van der Waals surface area contributed by atoms with E-state index in [9.17, 15) is 0 Å². The zero-order valence-corrected chi connectivity index (χ0v) is 12.9. The van der Waals surface area contributed by atoms with Crippen molar-refractivity contribution in [1.29, 1.82) is 0 Å². The molecule has 4 heteroatoms. The molecule has 0 atom stereocenters. The van der Waals surface area contributed by atoms with Crippen molar-refractivity contribution in [3.63, 3.8) is 0 Å². The largest absolute Gasteiger partial charge is 0.353 e. The number of aromatic nitrogens is 2. The smallest absolute Gasteiger partial charge is 0.203 e. The minimum atomic E-state index is 0.624. The lowest BCUT2D eigenvalue weighted by Gasteiger charge is -2.31. The van der Waals surface area contributed by atoms with E-state index in [4.69, 9.17) is 4.98 Å². The van der Waals surface area contributed by atoms with E-state index in [0.29, 0.717) is 12.1 Å². The maximum Gasteiger partial charge on any atom is 0.203 e. The van der Waals surface area contributed by atoms with E-state index in [-0.39, 0.29) is 0 Å². The molecular weight excluding hydrogens is 248 g/mol. The van der Waals surface area contributed by atoms with Crippen LogP contribution in [0.15, 0.2) is 6.20 Å². The van der Waals surface area contributed by atoms with E-state index in [0.717, 1.165) is 11.6 Å². The normalized spacial score (nSPS) is 23.1. The average molecular weight is 276 g/mol. The number of likely N-dealkylation sites (tertiary alicyclic amines) is 1. The van der Waals surface area contributed by atoms with Crippen molar-refractivity contribution in [2.75, 3.05) is 25.5 Å². The second-order valence-corrected chi connectivity index (χ2v) is 6.63. The molecule has 2 fully saturated rings. The van der Waals surface area contributed by atoms with Gasteiger partial charge in [0, 0.05) is 18.3 Å². The molecule has 0 radical (unpaired) electrons. The van der Waals surface area contributed by atoms with Crippen LogP contribution in [0.5, 0.6) is 0 Å². The summed E-state index contributed by atoms with van der Waals surface area (Å²) in [5, 5.41) is 3.72. The van der Waals surface area contributed by atoms with E-state index in [1.54, 1.807) is 0 Å². The Morgan fingerprint density at radius 3 is 2.50 bits per heavy atom. The van der Waals surface area contributed by atoms with Crippen molar-refractivity contribution < 1.29 is 0 Å². The number of aryl methyl sites for hydroxylation is 1. The molecule has 4 nitrogen and oxygen atoms in total. The molecule has 1 aromatic rings. The second kappa shape index (κ2) is 6.17. The molecule has 0 bridgehead atoms. The Morgan fingerprint density at radius 2 is 1.80 bits per heavy atom. The molecule has 1 aliphatic heterocycles. The summed E-state index contributed by atoms with van der Waals surface area (Å²) in [6, 6.07) is 1.26. The van der Waals surface area contributed by atoms with Crippen molar-refractivity contribution in [2.24, 2.45) is 0 Å². The Balaban J connectivity index is 1.70. The monoisotopic (exact) mass is 276 g/mol. The molecule has 2 heterocycles. The third-order valence-electron chi connectivity index (χ3n) is 4.87. The van der Waals surface area contributed by atoms with Crippen LogP contribution < -0.4 is 5.32 Å². The molecule has 0 spiro atoms. The van der Waals surface area contributed by atoms with Crippen LogP contribution in [0.2, 0.25) is 0 Å². The zero-order valence-electron chi connectivity index (χ0n) is 12.9. The molecule has 1 N–H and O–H groups in total. The molecule has 1 saturated heterocycles. The Labute approximate surface area is 122 Å². The molecule has 1 aliphatic carbocycles. The third kappa shape index (κ3) is 3.17. The number of nitrogens with zero attached hydrogens (tertiary/aromatic N) is 3. The third-order valence-corrected chi connectivity index (χ3v) is 4.87. The molecule has 0 aromatic carbocycles. The van der Waals surface area contributed by atoms with Gasteiger partial charge in [0.2, 0.25) is 5.95 Å². The van der Waals surface area contributed by atoms with E-state index < -0.39 is 0 Å². The second-order valence-electron chi connectivity index (χ2n) is 6.63. The topological polar surface area (TPSA) is 33.1 Å². The number of hydrogen-bond donors (Lipinski definition) is 1. The Morgan fingerprint density at radius 1 is 1.10 bits per heavy atom. The number of imidazole rings is 1. The first kappa shape index (κ1) is 13.9. The summed E-state index contributed by atoms with van der Waals surface area (Å²) in [6.07, 6.45) is 11.5. The molecule has 3 rings (SSSR count).